The second kappa shape index (κ2) is 8.76. The van der Waals surface area contributed by atoms with Gasteiger partial charge in [0.15, 0.2) is 11.0 Å². The van der Waals surface area contributed by atoms with E-state index in [9.17, 15) is 4.79 Å². The molecule has 4 aromatic rings. The van der Waals surface area contributed by atoms with Crippen LogP contribution in [0.25, 0.3) is 17.1 Å². The Hall–Kier alpha value is -3.16. The summed E-state index contributed by atoms with van der Waals surface area (Å²) < 4.78 is 1.94. The molecule has 0 unspecified atom stereocenters. The number of carbonyl (C=O) groups is 1. The number of hydrogen-bond acceptors (Lipinski definition) is 5. The number of aromatic nitrogens is 4. The number of rotatable bonds is 5. The fourth-order valence-electron chi connectivity index (χ4n) is 3.81. The van der Waals surface area contributed by atoms with E-state index in [4.69, 9.17) is 11.6 Å². The molecule has 0 aliphatic carbocycles. The van der Waals surface area contributed by atoms with E-state index in [0.29, 0.717) is 22.5 Å². The summed E-state index contributed by atoms with van der Waals surface area (Å²) in [5.41, 5.74) is 4.94. The van der Waals surface area contributed by atoms with Gasteiger partial charge < -0.3 is 4.90 Å². The third-order valence-corrected chi connectivity index (χ3v) is 6.82. The quantitative estimate of drug-likeness (QED) is 0.392. The van der Waals surface area contributed by atoms with E-state index in [2.05, 4.69) is 21.2 Å². The average Bonchev–Trinajstić information content (AvgIpc) is 3.44. The number of amides is 1. The minimum absolute atomic E-state index is 0.0573. The molecule has 6 nitrogen and oxygen atoms in total. The van der Waals surface area contributed by atoms with Crippen molar-refractivity contribution in [3.63, 3.8) is 0 Å². The van der Waals surface area contributed by atoms with E-state index >= 15 is 0 Å². The first-order valence-corrected chi connectivity index (χ1v) is 11.6. The van der Waals surface area contributed by atoms with Gasteiger partial charge in [-0.1, -0.05) is 47.6 Å². The topological polar surface area (TPSA) is 63.9 Å². The average molecular weight is 462 g/mol. The van der Waals surface area contributed by atoms with E-state index in [1.807, 2.05) is 64.9 Å². The number of nitrogens with zero attached hydrogens (tertiary/aromatic N) is 5. The number of anilines is 1. The summed E-state index contributed by atoms with van der Waals surface area (Å²) in [5, 5.41) is 10.1. The maximum Gasteiger partial charge on any atom is 0.237 e. The van der Waals surface area contributed by atoms with Crippen molar-refractivity contribution in [1.29, 1.82) is 0 Å². The molecule has 8 heteroatoms. The zero-order valence-electron chi connectivity index (χ0n) is 17.4. The van der Waals surface area contributed by atoms with Crippen LogP contribution in [-0.4, -0.2) is 38.0 Å². The number of hydrogen-bond donors (Lipinski definition) is 0. The molecule has 0 fully saturated rings. The molecule has 2 aromatic heterocycles. The zero-order chi connectivity index (χ0) is 22.1. The molecule has 3 heterocycles. The molecule has 1 aliphatic heterocycles. The number of para-hydroxylation sites is 1. The molecular weight excluding hydrogens is 442 g/mol. The van der Waals surface area contributed by atoms with Gasteiger partial charge >= 0.3 is 0 Å². The first-order chi connectivity index (χ1) is 15.6. The van der Waals surface area contributed by atoms with Crippen molar-refractivity contribution in [3.8, 4) is 17.1 Å². The number of halogens is 1. The maximum atomic E-state index is 13.0. The van der Waals surface area contributed by atoms with Crippen LogP contribution in [0.2, 0.25) is 5.02 Å². The predicted molar refractivity (Wildman–Crippen MR) is 128 cm³/mol. The number of pyridine rings is 1. The second-order valence-electron chi connectivity index (χ2n) is 7.52. The Morgan fingerprint density at radius 1 is 1.09 bits per heavy atom. The fraction of sp³-hybridized carbons (Fsp3) is 0.167. The molecule has 0 radical (unpaired) electrons. The Labute approximate surface area is 195 Å². The molecule has 2 aromatic carbocycles. The Kier molecular flexibility index (Phi) is 5.68. The van der Waals surface area contributed by atoms with Crippen molar-refractivity contribution < 1.29 is 4.79 Å². The molecule has 5 rings (SSSR count). The number of benzene rings is 2. The minimum atomic E-state index is 0.0573. The summed E-state index contributed by atoms with van der Waals surface area (Å²) in [6, 6.07) is 17.7. The summed E-state index contributed by atoms with van der Waals surface area (Å²) in [4.78, 5) is 19.0. The van der Waals surface area contributed by atoms with Crippen molar-refractivity contribution in [1.82, 2.24) is 19.7 Å². The number of thioether (sulfide) groups is 1. The van der Waals surface area contributed by atoms with Gasteiger partial charge in [0.2, 0.25) is 5.91 Å². The highest BCUT2D eigenvalue weighted by atomic mass is 35.5. The van der Waals surface area contributed by atoms with Gasteiger partial charge in [-0.05, 0) is 54.8 Å². The van der Waals surface area contributed by atoms with Crippen molar-refractivity contribution in [3.05, 3.63) is 83.1 Å². The molecule has 1 amide bonds. The van der Waals surface area contributed by atoms with Crippen LogP contribution in [0.5, 0.6) is 0 Å². The zero-order valence-corrected chi connectivity index (χ0v) is 19.0. The van der Waals surface area contributed by atoms with Crippen molar-refractivity contribution in [2.24, 2.45) is 0 Å². The predicted octanol–water partition coefficient (Wildman–Crippen LogP) is 4.97. The number of carbonyl (C=O) groups excluding carboxylic acids is 1. The summed E-state index contributed by atoms with van der Waals surface area (Å²) in [6.45, 7) is 2.67. The van der Waals surface area contributed by atoms with Crippen LogP contribution in [0, 0.1) is 6.92 Å². The molecule has 0 saturated heterocycles. The molecule has 0 saturated carbocycles. The number of aryl methyl sites for hydroxylation is 1. The summed E-state index contributed by atoms with van der Waals surface area (Å²) in [6.07, 6.45) is 4.33. The van der Waals surface area contributed by atoms with E-state index in [1.54, 1.807) is 12.4 Å². The molecule has 1 aliphatic rings. The van der Waals surface area contributed by atoms with Gasteiger partial charge in [-0.2, -0.15) is 0 Å². The van der Waals surface area contributed by atoms with Gasteiger partial charge in [0.05, 0.1) is 11.4 Å². The SMILES string of the molecule is Cc1ccc(-n2c(SCC(=O)N3CCc4ccccc43)nnc2-c2ccncc2)cc1Cl. The lowest BCUT2D eigenvalue weighted by Crippen LogP contribution is -2.30. The second-order valence-corrected chi connectivity index (χ2v) is 8.87. The van der Waals surface area contributed by atoms with Crippen LogP contribution in [0.15, 0.2) is 72.1 Å². The monoisotopic (exact) mass is 461 g/mol. The first-order valence-electron chi connectivity index (χ1n) is 10.3. The standard InChI is InChI=1S/C24H20ClN5OS/c1-16-6-7-19(14-20(16)25)30-23(18-8-11-26-12-9-18)27-28-24(30)32-15-22(31)29-13-10-17-4-2-3-5-21(17)29/h2-9,11-12,14H,10,13,15H2,1H3. The summed E-state index contributed by atoms with van der Waals surface area (Å²) in [7, 11) is 0. The van der Waals surface area contributed by atoms with Gasteiger partial charge in [-0.3, -0.25) is 14.3 Å². The maximum absolute atomic E-state index is 13.0. The third-order valence-electron chi connectivity index (χ3n) is 5.50. The van der Waals surface area contributed by atoms with E-state index in [1.165, 1.54) is 17.3 Å². The molecular formula is C24H20ClN5OS. The van der Waals surface area contributed by atoms with E-state index < -0.39 is 0 Å². The van der Waals surface area contributed by atoms with Crippen LogP contribution < -0.4 is 4.90 Å². The number of fused-ring (bicyclic) bond motifs is 1. The van der Waals surface area contributed by atoms with Gasteiger partial charge in [-0.15, -0.1) is 10.2 Å². The van der Waals surface area contributed by atoms with Crippen LogP contribution in [0.4, 0.5) is 5.69 Å². The lowest BCUT2D eigenvalue weighted by molar-refractivity contribution is -0.116. The minimum Gasteiger partial charge on any atom is -0.311 e. The van der Waals surface area contributed by atoms with E-state index in [-0.39, 0.29) is 11.7 Å². The van der Waals surface area contributed by atoms with Crippen LogP contribution in [-0.2, 0) is 11.2 Å². The van der Waals surface area contributed by atoms with Crippen LogP contribution in [0.1, 0.15) is 11.1 Å². The highest BCUT2D eigenvalue weighted by molar-refractivity contribution is 7.99. The third kappa shape index (κ3) is 3.89. The van der Waals surface area contributed by atoms with Crippen LogP contribution in [0.3, 0.4) is 0 Å². The van der Waals surface area contributed by atoms with Crippen molar-refractivity contribution in [2.75, 3.05) is 17.2 Å². The highest BCUT2D eigenvalue weighted by Gasteiger charge is 2.25. The van der Waals surface area contributed by atoms with Gasteiger partial charge in [0.1, 0.15) is 0 Å². The lowest BCUT2D eigenvalue weighted by atomic mass is 10.2. The van der Waals surface area contributed by atoms with E-state index in [0.717, 1.165) is 28.9 Å². The highest BCUT2D eigenvalue weighted by Crippen LogP contribution is 2.32. The molecule has 32 heavy (non-hydrogen) atoms. The summed E-state index contributed by atoms with van der Waals surface area (Å²) >= 11 is 7.79. The Bertz CT molecular complexity index is 1290. The van der Waals surface area contributed by atoms with Gasteiger partial charge in [0, 0.05) is 35.2 Å². The van der Waals surface area contributed by atoms with Crippen molar-refractivity contribution in [2.45, 2.75) is 18.5 Å². The molecule has 160 valence electrons. The molecule has 0 spiro atoms. The van der Waals surface area contributed by atoms with Gasteiger partial charge in [-0.25, -0.2) is 0 Å². The molecule has 0 N–H and O–H groups in total. The normalized spacial score (nSPS) is 12.8. The summed E-state index contributed by atoms with van der Waals surface area (Å²) in [5.74, 6) is 0.998. The Morgan fingerprint density at radius 3 is 2.72 bits per heavy atom. The Morgan fingerprint density at radius 2 is 1.91 bits per heavy atom. The van der Waals surface area contributed by atoms with Crippen molar-refractivity contribution >= 4 is 35.0 Å². The molecule has 0 atom stereocenters. The Balaban J connectivity index is 1.46. The largest absolute Gasteiger partial charge is 0.311 e. The van der Waals surface area contributed by atoms with Crippen LogP contribution >= 0.6 is 23.4 Å². The van der Waals surface area contributed by atoms with Gasteiger partial charge in [0.25, 0.3) is 0 Å². The molecule has 0 bridgehead atoms. The lowest BCUT2D eigenvalue weighted by Gasteiger charge is -2.17. The first kappa shape index (κ1) is 20.7. The smallest absolute Gasteiger partial charge is 0.237 e. The fourth-order valence-corrected chi connectivity index (χ4v) is 4.81.